The Hall–Kier alpha value is -2.15. The minimum Gasteiger partial charge on any atom is -0.308 e. The van der Waals surface area contributed by atoms with Crippen LogP contribution >= 0.6 is 23.7 Å². The fourth-order valence-corrected chi connectivity index (χ4v) is 4.31. The second-order valence-corrected chi connectivity index (χ2v) is 7.65. The van der Waals surface area contributed by atoms with Gasteiger partial charge in [0.2, 0.25) is 5.78 Å². The van der Waals surface area contributed by atoms with E-state index in [0.717, 1.165) is 25.9 Å². The maximum Gasteiger partial charge on any atom is 0.323 e. The van der Waals surface area contributed by atoms with Crippen molar-refractivity contribution in [1.29, 1.82) is 0 Å². The van der Waals surface area contributed by atoms with Gasteiger partial charge in [0, 0.05) is 6.54 Å². The third kappa shape index (κ3) is 4.40. The van der Waals surface area contributed by atoms with Crippen molar-refractivity contribution in [1.82, 2.24) is 14.9 Å². The van der Waals surface area contributed by atoms with Gasteiger partial charge in [0.05, 0.1) is 10.6 Å². The van der Waals surface area contributed by atoms with Crippen molar-refractivity contribution in [2.24, 2.45) is 0 Å². The molecule has 0 bridgehead atoms. The summed E-state index contributed by atoms with van der Waals surface area (Å²) in [5.41, 5.74) is 2.16. The van der Waals surface area contributed by atoms with E-state index in [2.05, 4.69) is 39.1 Å². The highest BCUT2D eigenvalue weighted by molar-refractivity contribution is 7.12. The Bertz CT molecular complexity index is 926. The Labute approximate surface area is 167 Å². The van der Waals surface area contributed by atoms with E-state index in [0.29, 0.717) is 28.7 Å². The molecule has 3 heterocycles. The summed E-state index contributed by atoms with van der Waals surface area (Å²) in [6, 6.07) is 14.3. The lowest BCUT2D eigenvalue weighted by atomic mass is 9.89. The van der Waals surface area contributed by atoms with Crippen molar-refractivity contribution >= 4 is 29.5 Å². The summed E-state index contributed by atoms with van der Waals surface area (Å²) in [5, 5.41) is 1.87. The van der Waals surface area contributed by atoms with Crippen molar-refractivity contribution in [2.75, 3.05) is 13.1 Å². The number of hydrogen-bond donors (Lipinski definition) is 2. The summed E-state index contributed by atoms with van der Waals surface area (Å²) in [5.74, 6) is 0.470. The van der Waals surface area contributed by atoms with Gasteiger partial charge in [-0.2, -0.15) is 0 Å². The van der Waals surface area contributed by atoms with Gasteiger partial charge in [-0.1, -0.05) is 36.4 Å². The number of thiophene rings is 1. The van der Waals surface area contributed by atoms with Gasteiger partial charge in [-0.3, -0.25) is 9.69 Å². The second kappa shape index (κ2) is 8.69. The normalized spacial score (nSPS) is 15.4. The number of ketones is 1. The fraction of sp³-hybridized carbons (Fsp3) is 0.300. The number of aromatic nitrogens is 2. The fourth-order valence-electron chi connectivity index (χ4n) is 3.64. The number of nitrogens with one attached hydrogen (secondary N) is 2. The van der Waals surface area contributed by atoms with E-state index in [9.17, 15) is 9.59 Å². The molecule has 142 valence electrons. The lowest BCUT2D eigenvalue weighted by Crippen LogP contribution is -2.33. The summed E-state index contributed by atoms with van der Waals surface area (Å²) in [4.78, 5) is 32.8. The van der Waals surface area contributed by atoms with Gasteiger partial charge in [0.15, 0.2) is 0 Å². The number of halogens is 1. The second-order valence-electron chi connectivity index (χ2n) is 6.70. The molecule has 0 radical (unpaired) electrons. The topological polar surface area (TPSA) is 69.0 Å². The standard InChI is InChI=1S/C20H21N3O2S.ClH/c24-19(17-7-4-12-26-17)18-16(21-20(25)22-18)13-23-10-8-15(9-11-23)14-5-2-1-3-6-14;/h1-7,12,15H,8-11,13H2,(H2,21,22,25);1H. The lowest BCUT2D eigenvalue weighted by molar-refractivity contribution is 0.103. The number of likely N-dealkylation sites (tertiary alicyclic amines) is 1. The zero-order valence-electron chi connectivity index (χ0n) is 14.8. The summed E-state index contributed by atoms with van der Waals surface area (Å²) in [7, 11) is 0. The first kappa shape index (κ1) is 19.6. The van der Waals surface area contributed by atoms with Crippen LogP contribution in [0.2, 0.25) is 0 Å². The van der Waals surface area contributed by atoms with Crippen molar-refractivity contribution in [2.45, 2.75) is 25.3 Å². The number of H-pyrrole nitrogens is 2. The summed E-state index contributed by atoms with van der Waals surface area (Å²) in [6.07, 6.45) is 2.18. The zero-order valence-corrected chi connectivity index (χ0v) is 16.4. The van der Waals surface area contributed by atoms with Gasteiger partial charge in [-0.05, 0) is 48.9 Å². The highest BCUT2D eigenvalue weighted by Crippen LogP contribution is 2.28. The molecule has 1 saturated heterocycles. The number of piperidine rings is 1. The third-order valence-corrected chi connectivity index (χ3v) is 5.89. The van der Waals surface area contributed by atoms with Crippen LogP contribution < -0.4 is 5.69 Å². The minimum atomic E-state index is -0.320. The van der Waals surface area contributed by atoms with Crippen molar-refractivity contribution in [3.8, 4) is 0 Å². The van der Waals surface area contributed by atoms with Gasteiger partial charge in [0.1, 0.15) is 5.69 Å². The number of benzene rings is 1. The molecule has 0 amide bonds. The molecular formula is C20H22ClN3O2S. The Kier molecular flexibility index (Phi) is 6.31. The molecule has 1 fully saturated rings. The molecule has 2 N–H and O–H groups in total. The summed E-state index contributed by atoms with van der Waals surface area (Å²) < 4.78 is 0. The molecule has 1 aromatic carbocycles. The first-order valence-corrected chi connectivity index (χ1v) is 9.75. The molecule has 0 atom stereocenters. The highest BCUT2D eigenvalue weighted by Gasteiger charge is 2.24. The zero-order chi connectivity index (χ0) is 17.9. The molecule has 27 heavy (non-hydrogen) atoms. The molecule has 0 spiro atoms. The number of carbonyl (C=O) groups is 1. The molecule has 1 aliphatic heterocycles. The predicted octanol–water partition coefficient (Wildman–Crippen LogP) is 3.80. The molecule has 0 saturated carbocycles. The van der Waals surface area contributed by atoms with Crippen molar-refractivity contribution < 1.29 is 4.79 Å². The van der Waals surface area contributed by atoms with Crippen LogP contribution in [0.1, 0.15) is 45.4 Å². The maximum atomic E-state index is 12.6. The van der Waals surface area contributed by atoms with Crippen LogP contribution in [0.5, 0.6) is 0 Å². The van der Waals surface area contributed by atoms with E-state index in [1.165, 1.54) is 16.9 Å². The van der Waals surface area contributed by atoms with E-state index < -0.39 is 0 Å². The largest absolute Gasteiger partial charge is 0.323 e. The van der Waals surface area contributed by atoms with Crippen LogP contribution in [0, 0.1) is 0 Å². The summed E-state index contributed by atoms with van der Waals surface area (Å²) in [6.45, 7) is 2.51. The van der Waals surface area contributed by atoms with E-state index in [1.807, 2.05) is 17.5 Å². The molecule has 5 nitrogen and oxygen atoms in total. The van der Waals surface area contributed by atoms with Crippen LogP contribution in [0.3, 0.4) is 0 Å². The maximum absolute atomic E-state index is 12.6. The van der Waals surface area contributed by atoms with Crippen LogP contribution in [-0.2, 0) is 6.54 Å². The number of hydrogen-bond acceptors (Lipinski definition) is 4. The molecule has 0 aliphatic carbocycles. The van der Waals surface area contributed by atoms with Gasteiger partial charge in [-0.25, -0.2) is 4.79 Å². The number of nitrogens with zero attached hydrogens (tertiary/aromatic N) is 1. The van der Waals surface area contributed by atoms with E-state index in [-0.39, 0.29) is 23.9 Å². The first-order valence-electron chi connectivity index (χ1n) is 8.87. The Morgan fingerprint density at radius 1 is 1.07 bits per heavy atom. The highest BCUT2D eigenvalue weighted by atomic mass is 35.5. The quantitative estimate of drug-likeness (QED) is 0.636. The first-order chi connectivity index (χ1) is 12.7. The molecular weight excluding hydrogens is 382 g/mol. The number of aromatic amines is 2. The van der Waals surface area contributed by atoms with Gasteiger partial charge in [-0.15, -0.1) is 23.7 Å². The average molecular weight is 404 g/mol. The smallest absolute Gasteiger partial charge is 0.308 e. The Morgan fingerprint density at radius 2 is 1.81 bits per heavy atom. The van der Waals surface area contributed by atoms with Crippen LogP contribution in [-0.4, -0.2) is 33.7 Å². The number of carbonyl (C=O) groups excluding carboxylic acids is 1. The number of rotatable bonds is 5. The van der Waals surface area contributed by atoms with Crippen molar-refractivity contribution in [3.63, 3.8) is 0 Å². The Morgan fingerprint density at radius 3 is 2.48 bits per heavy atom. The van der Waals surface area contributed by atoms with E-state index in [4.69, 9.17) is 0 Å². The van der Waals surface area contributed by atoms with Gasteiger partial charge in [0.25, 0.3) is 0 Å². The van der Waals surface area contributed by atoms with E-state index in [1.54, 1.807) is 6.07 Å². The lowest BCUT2D eigenvalue weighted by Gasteiger charge is -2.32. The van der Waals surface area contributed by atoms with Gasteiger partial charge < -0.3 is 9.97 Å². The van der Waals surface area contributed by atoms with Crippen molar-refractivity contribution in [3.05, 3.63) is 80.2 Å². The van der Waals surface area contributed by atoms with Gasteiger partial charge >= 0.3 is 5.69 Å². The van der Waals surface area contributed by atoms with Crippen LogP contribution in [0.25, 0.3) is 0 Å². The SMILES string of the molecule is Cl.O=C(c1cccs1)c1[nH]c(=O)[nH]c1CN1CCC(c2ccccc2)CC1. The molecule has 7 heteroatoms. The molecule has 3 aromatic rings. The summed E-state index contributed by atoms with van der Waals surface area (Å²) >= 11 is 1.39. The monoisotopic (exact) mass is 403 g/mol. The molecule has 0 unspecified atom stereocenters. The van der Waals surface area contributed by atoms with Crippen LogP contribution in [0.4, 0.5) is 0 Å². The van der Waals surface area contributed by atoms with E-state index >= 15 is 0 Å². The molecule has 2 aromatic heterocycles. The average Bonchev–Trinajstić information content (AvgIpc) is 3.33. The number of imidazole rings is 1. The molecule has 1 aliphatic rings. The predicted molar refractivity (Wildman–Crippen MR) is 110 cm³/mol. The minimum absolute atomic E-state index is 0. The van der Waals surface area contributed by atoms with Crippen LogP contribution in [0.15, 0.2) is 52.6 Å². The Balaban J connectivity index is 0.00000210. The third-order valence-electron chi connectivity index (χ3n) is 5.02. The molecule has 4 rings (SSSR count).